The van der Waals surface area contributed by atoms with E-state index >= 15 is 0 Å². The maximum absolute atomic E-state index is 10.3. The van der Waals surface area contributed by atoms with E-state index in [4.69, 9.17) is 4.74 Å². The second-order valence-electron chi connectivity index (χ2n) is 6.32. The number of rotatable bonds is 6. The first-order valence-corrected chi connectivity index (χ1v) is 8.71. The highest BCUT2D eigenvalue weighted by molar-refractivity contribution is 5.54. The standard InChI is InChI=1S/C22H25NO2/c1-25-21-11-9-18(10-12-21)7-8-19-13-15-23(16-14-19)17-22(24)20-5-3-2-4-6-20/h2-13,22,24H,14-17H2,1H3/b8-7+/t22-/m1/s1. The molecular formula is C22H25NO2. The summed E-state index contributed by atoms with van der Waals surface area (Å²) in [7, 11) is 1.68. The number of aliphatic hydroxyl groups is 1. The van der Waals surface area contributed by atoms with Crippen molar-refractivity contribution in [3.05, 3.63) is 83.4 Å². The second kappa shape index (κ2) is 8.65. The molecule has 0 aliphatic carbocycles. The lowest BCUT2D eigenvalue weighted by Crippen LogP contribution is -2.32. The number of hydrogen-bond donors (Lipinski definition) is 1. The van der Waals surface area contributed by atoms with Gasteiger partial charge in [0, 0.05) is 19.6 Å². The molecule has 0 aromatic heterocycles. The number of nitrogens with zero attached hydrogens (tertiary/aromatic N) is 1. The fourth-order valence-electron chi connectivity index (χ4n) is 2.99. The fraction of sp³-hybridized carbons (Fsp3) is 0.273. The molecule has 3 heteroatoms. The molecule has 1 aliphatic rings. The average Bonchev–Trinajstić information content (AvgIpc) is 2.68. The highest BCUT2D eigenvalue weighted by Crippen LogP contribution is 2.19. The third-order valence-corrected chi connectivity index (χ3v) is 4.55. The Labute approximate surface area is 149 Å². The van der Waals surface area contributed by atoms with E-state index in [0.29, 0.717) is 6.54 Å². The molecule has 0 fully saturated rings. The van der Waals surface area contributed by atoms with Crippen molar-refractivity contribution < 1.29 is 9.84 Å². The van der Waals surface area contributed by atoms with Crippen molar-refractivity contribution in [1.29, 1.82) is 0 Å². The number of methoxy groups -OCH3 is 1. The quantitative estimate of drug-likeness (QED) is 0.863. The monoisotopic (exact) mass is 335 g/mol. The largest absolute Gasteiger partial charge is 0.497 e. The summed E-state index contributed by atoms with van der Waals surface area (Å²) in [5.74, 6) is 0.877. The van der Waals surface area contributed by atoms with Crippen LogP contribution >= 0.6 is 0 Å². The molecular weight excluding hydrogens is 310 g/mol. The third kappa shape index (κ3) is 5.05. The molecule has 1 atom stereocenters. The number of β-amino-alcohol motifs (C(OH)–C–C–N with tert-alkyl or cyclic N) is 1. The first-order valence-electron chi connectivity index (χ1n) is 8.71. The van der Waals surface area contributed by atoms with Crippen LogP contribution in [0.3, 0.4) is 0 Å². The van der Waals surface area contributed by atoms with Crippen molar-refractivity contribution in [2.45, 2.75) is 12.5 Å². The van der Waals surface area contributed by atoms with Gasteiger partial charge in [0.1, 0.15) is 5.75 Å². The van der Waals surface area contributed by atoms with Crippen LogP contribution in [0.25, 0.3) is 6.08 Å². The Morgan fingerprint density at radius 1 is 1.08 bits per heavy atom. The highest BCUT2D eigenvalue weighted by Gasteiger charge is 2.15. The van der Waals surface area contributed by atoms with Crippen LogP contribution in [0.2, 0.25) is 0 Å². The van der Waals surface area contributed by atoms with E-state index in [2.05, 4.69) is 35.3 Å². The summed E-state index contributed by atoms with van der Waals surface area (Å²) in [4.78, 5) is 2.29. The predicted octanol–water partition coefficient (Wildman–Crippen LogP) is 4.07. The maximum Gasteiger partial charge on any atom is 0.118 e. The van der Waals surface area contributed by atoms with Crippen molar-refractivity contribution in [3.63, 3.8) is 0 Å². The summed E-state index contributed by atoms with van der Waals surface area (Å²) in [6.07, 6.45) is 7.16. The van der Waals surface area contributed by atoms with Crippen molar-refractivity contribution in [1.82, 2.24) is 4.90 Å². The Morgan fingerprint density at radius 2 is 1.84 bits per heavy atom. The molecule has 0 bridgehead atoms. The molecule has 3 nitrogen and oxygen atoms in total. The fourth-order valence-corrected chi connectivity index (χ4v) is 2.99. The molecule has 130 valence electrons. The smallest absolute Gasteiger partial charge is 0.118 e. The lowest BCUT2D eigenvalue weighted by molar-refractivity contribution is 0.118. The van der Waals surface area contributed by atoms with Crippen LogP contribution in [0, 0.1) is 0 Å². The SMILES string of the molecule is COc1ccc(/C=C/C2=CCN(C[C@@H](O)c3ccccc3)CC2)cc1. The summed E-state index contributed by atoms with van der Waals surface area (Å²) in [5, 5.41) is 10.3. The van der Waals surface area contributed by atoms with E-state index in [0.717, 1.165) is 30.8 Å². The highest BCUT2D eigenvalue weighted by atomic mass is 16.5. The molecule has 25 heavy (non-hydrogen) atoms. The van der Waals surface area contributed by atoms with Crippen LogP contribution in [-0.4, -0.2) is 36.8 Å². The second-order valence-corrected chi connectivity index (χ2v) is 6.32. The molecule has 0 amide bonds. The Bertz CT molecular complexity index is 719. The van der Waals surface area contributed by atoms with Gasteiger partial charge in [-0.2, -0.15) is 0 Å². The van der Waals surface area contributed by atoms with E-state index in [1.54, 1.807) is 7.11 Å². The van der Waals surface area contributed by atoms with Gasteiger partial charge in [-0.1, -0.05) is 60.7 Å². The molecule has 2 aromatic carbocycles. The van der Waals surface area contributed by atoms with E-state index in [1.807, 2.05) is 42.5 Å². The number of ether oxygens (including phenoxy) is 1. The van der Waals surface area contributed by atoms with Crippen molar-refractivity contribution in [3.8, 4) is 5.75 Å². The van der Waals surface area contributed by atoms with Gasteiger partial charge < -0.3 is 9.84 Å². The van der Waals surface area contributed by atoms with Gasteiger partial charge in [-0.25, -0.2) is 0 Å². The minimum atomic E-state index is -0.425. The van der Waals surface area contributed by atoms with Gasteiger partial charge in [-0.3, -0.25) is 4.90 Å². The van der Waals surface area contributed by atoms with Crippen LogP contribution in [0.15, 0.2) is 72.3 Å². The van der Waals surface area contributed by atoms with Gasteiger partial charge in [0.25, 0.3) is 0 Å². The van der Waals surface area contributed by atoms with Gasteiger partial charge >= 0.3 is 0 Å². The first-order chi connectivity index (χ1) is 12.2. The van der Waals surface area contributed by atoms with Crippen LogP contribution in [-0.2, 0) is 0 Å². The molecule has 1 heterocycles. The summed E-state index contributed by atoms with van der Waals surface area (Å²) in [5.41, 5.74) is 3.50. The van der Waals surface area contributed by atoms with Gasteiger partial charge in [0.2, 0.25) is 0 Å². The molecule has 0 saturated heterocycles. The summed E-state index contributed by atoms with van der Waals surface area (Å²) in [6.45, 7) is 2.53. The topological polar surface area (TPSA) is 32.7 Å². The molecule has 0 radical (unpaired) electrons. The molecule has 1 N–H and O–H groups in total. The van der Waals surface area contributed by atoms with Crippen LogP contribution in [0.4, 0.5) is 0 Å². The Balaban J connectivity index is 1.52. The summed E-state index contributed by atoms with van der Waals surface area (Å²) >= 11 is 0. The predicted molar refractivity (Wildman–Crippen MR) is 103 cm³/mol. The minimum Gasteiger partial charge on any atom is -0.497 e. The minimum absolute atomic E-state index is 0.425. The molecule has 3 rings (SSSR count). The number of allylic oxidation sites excluding steroid dienone is 1. The average molecular weight is 335 g/mol. The lowest BCUT2D eigenvalue weighted by Gasteiger charge is -2.27. The number of aliphatic hydroxyl groups excluding tert-OH is 1. The van der Waals surface area contributed by atoms with Crippen molar-refractivity contribution in [2.75, 3.05) is 26.7 Å². The zero-order valence-electron chi connectivity index (χ0n) is 14.6. The van der Waals surface area contributed by atoms with Crippen molar-refractivity contribution >= 4 is 6.08 Å². The normalized spacial score (nSPS) is 16.6. The van der Waals surface area contributed by atoms with Gasteiger partial charge in [-0.15, -0.1) is 0 Å². The van der Waals surface area contributed by atoms with Gasteiger partial charge in [-0.05, 0) is 35.3 Å². The van der Waals surface area contributed by atoms with E-state index < -0.39 is 6.10 Å². The summed E-state index contributed by atoms with van der Waals surface area (Å²) < 4.78 is 5.18. The Morgan fingerprint density at radius 3 is 2.48 bits per heavy atom. The summed E-state index contributed by atoms with van der Waals surface area (Å²) in [6, 6.07) is 17.9. The first kappa shape index (κ1) is 17.5. The van der Waals surface area contributed by atoms with Gasteiger partial charge in [0.15, 0.2) is 0 Å². The number of hydrogen-bond acceptors (Lipinski definition) is 3. The zero-order chi connectivity index (χ0) is 17.5. The molecule has 0 spiro atoms. The van der Waals surface area contributed by atoms with E-state index in [1.165, 1.54) is 11.1 Å². The third-order valence-electron chi connectivity index (χ3n) is 4.55. The zero-order valence-corrected chi connectivity index (χ0v) is 14.6. The molecule has 0 unspecified atom stereocenters. The van der Waals surface area contributed by atoms with Crippen LogP contribution < -0.4 is 4.74 Å². The Kier molecular flexibility index (Phi) is 6.04. The molecule has 2 aromatic rings. The molecule has 0 saturated carbocycles. The Hall–Kier alpha value is -2.36. The van der Waals surface area contributed by atoms with Crippen LogP contribution in [0.1, 0.15) is 23.7 Å². The lowest BCUT2D eigenvalue weighted by atomic mass is 10.0. The van der Waals surface area contributed by atoms with Crippen molar-refractivity contribution in [2.24, 2.45) is 0 Å². The van der Waals surface area contributed by atoms with Crippen LogP contribution in [0.5, 0.6) is 5.75 Å². The van der Waals surface area contributed by atoms with E-state index in [9.17, 15) is 5.11 Å². The van der Waals surface area contributed by atoms with Gasteiger partial charge in [0.05, 0.1) is 13.2 Å². The van der Waals surface area contributed by atoms with E-state index in [-0.39, 0.29) is 0 Å². The maximum atomic E-state index is 10.3. The molecule has 1 aliphatic heterocycles. The number of benzene rings is 2.